The number of hydrogen-bond acceptors (Lipinski definition) is 4. The van der Waals surface area contributed by atoms with E-state index >= 15 is 0 Å². The maximum absolute atomic E-state index is 8.21. The second-order valence-corrected chi connectivity index (χ2v) is 5.21. The normalized spacial score (nSPS) is 7.44. The molecule has 0 bridgehead atoms. The van der Waals surface area contributed by atoms with Crippen LogP contribution in [0.3, 0.4) is 0 Å². The molecule has 0 heterocycles. The van der Waals surface area contributed by atoms with E-state index in [1.807, 2.05) is 26.0 Å². The number of halogens is 6. The predicted molar refractivity (Wildman–Crippen MR) is 95.6 cm³/mol. The van der Waals surface area contributed by atoms with E-state index in [9.17, 15) is 0 Å². The molecular formula is C14H14Cl6N6Zn. The van der Waals surface area contributed by atoms with Crippen molar-refractivity contribution in [3.05, 3.63) is 67.7 Å². The molecule has 0 spiro atoms. The molecule has 0 saturated heterocycles. The molecule has 2 rings (SSSR count). The monoisotopic (exact) mass is 540 g/mol. The molecule has 2 aromatic carbocycles. The molecule has 144 valence electrons. The Morgan fingerprint density at radius 1 is 0.741 bits per heavy atom. The summed E-state index contributed by atoms with van der Waals surface area (Å²) in [5, 5.41) is 23.2. The van der Waals surface area contributed by atoms with Crippen LogP contribution in [-0.2, 0) is 17.3 Å². The summed E-state index contributed by atoms with van der Waals surface area (Å²) in [6, 6.07) is 10.6. The second kappa shape index (κ2) is 20.0. The number of rotatable bonds is 2. The van der Waals surface area contributed by atoms with Gasteiger partial charge in [-0.15, -0.1) is 0 Å². The van der Waals surface area contributed by atoms with Gasteiger partial charge in [-0.25, -0.2) is 0 Å². The first kappa shape index (κ1) is 33.8. The van der Waals surface area contributed by atoms with Crippen molar-refractivity contribution >= 4 is 44.3 Å². The van der Waals surface area contributed by atoms with Crippen LogP contribution in [0.5, 0.6) is 0 Å². The molecule has 0 aromatic heterocycles. The number of hydrogen-bond donors (Lipinski definition) is 2. The summed E-state index contributed by atoms with van der Waals surface area (Å²) in [4.78, 5) is 0. The zero-order valence-electron chi connectivity index (χ0n) is 14.2. The van der Waals surface area contributed by atoms with Crippen LogP contribution >= 0.6 is 32.9 Å². The molecule has 0 aliphatic heterocycles. The zero-order valence-corrected chi connectivity index (χ0v) is 21.7. The van der Waals surface area contributed by atoms with Gasteiger partial charge >= 0.3 is 37.2 Å². The van der Waals surface area contributed by atoms with Crippen LogP contribution in [0.15, 0.2) is 36.4 Å². The van der Waals surface area contributed by atoms with E-state index in [2.05, 4.69) is 21.0 Å². The number of anilines is 2. The molecule has 0 aliphatic carbocycles. The van der Waals surface area contributed by atoms with Gasteiger partial charge in [0.1, 0.15) is 11.4 Å². The van der Waals surface area contributed by atoms with Crippen LogP contribution in [0.4, 0.5) is 11.4 Å². The van der Waals surface area contributed by atoms with Gasteiger partial charge in [0.2, 0.25) is 0 Å². The van der Waals surface area contributed by atoms with Gasteiger partial charge in [-0.1, -0.05) is 35.3 Å². The molecule has 0 fully saturated rings. The number of nitrogens with one attached hydrogen (secondary N) is 2. The molecular weight excluding hydrogens is 530 g/mol. The van der Waals surface area contributed by atoms with Crippen LogP contribution in [0.25, 0.3) is 10.2 Å². The van der Waals surface area contributed by atoms with Crippen LogP contribution < -0.4 is 48.1 Å². The fourth-order valence-corrected chi connectivity index (χ4v) is 1.88. The summed E-state index contributed by atoms with van der Waals surface area (Å²) in [6.07, 6.45) is 0. The van der Waals surface area contributed by atoms with Gasteiger partial charge in [-0.05, 0) is 60.1 Å². The van der Waals surface area contributed by atoms with Gasteiger partial charge < -0.3 is 37.2 Å². The van der Waals surface area contributed by atoms with Crippen LogP contribution in [0.1, 0.15) is 11.1 Å². The van der Waals surface area contributed by atoms with E-state index in [-0.39, 0.29) is 37.2 Å². The van der Waals surface area contributed by atoms with Crippen LogP contribution in [0.2, 0.25) is 10.0 Å². The van der Waals surface area contributed by atoms with Crippen molar-refractivity contribution in [1.29, 1.82) is 10.8 Å². The van der Waals surface area contributed by atoms with Gasteiger partial charge in [0.15, 0.2) is 0 Å². The molecule has 2 N–H and O–H groups in total. The molecule has 0 amide bonds. The second-order valence-electron chi connectivity index (χ2n) is 4.34. The van der Waals surface area contributed by atoms with Crippen molar-refractivity contribution in [2.45, 2.75) is 13.8 Å². The number of benzene rings is 2. The van der Waals surface area contributed by atoms with E-state index in [1.54, 1.807) is 24.3 Å². The standard InChI is InChI=1S/2C7H7ClN3.4ClH.Zn/c2*1-5-2-3-6(8)4-7(5)10-11-9;;;;;/h2*2-4,10H,1H3;4*1H;/q2*+1;;;;;+2/p-4. The van der Waals surface area contributed by atoms with E-state index in [0.717, 1.165) is 28.4 Å². The minimum atomic E-state index is 0. The molecule has 0 unspecified atom stereocenters. The van der Waals surface area contributed by atoms with Crippen LogP contribution in [-0.4, -0.2) is 0 Å². The molecule has 0 atom stereocenters. The Hall–Kier alpha value is -0.757. The maximum atomic E-state index is 8.21. The van der Waals surface area contributed by atoms with Crippen molar-refractivity contribution in [3.63, 3.8) is 0 Å². The number of diazo groups is 2. The van der Waals surface area contributed by atoms with Crippen molar-refractivity contribution in [2.75, 3.05) is 10.9 Å². The number of nitrogens with zero attached hydrogens (tertiary/aromatic N) is 4. The Kier molecular flexibility index (Phi) is 25.0. The zero-order chi connectivity index (χ0) is 18.5. The summed E-state index contributed by atoms with van der Waals surface area (Å²) in [6.45, 7) is 3.79. The van der Waals surface area contributed by atoms with Gasteiger partial charge in [0.05, 0.1) is 0 Å². The Morgan fingerprint density at radius 3 is 1.30 bits per heavy atom. The van der Waals surface area contributed by atoms with E-state index in [0.29, 0.717) is 21.4 Å². The van der Waals surface area contributed by atoms with Crippen molar-refractivity contribution in [3.8, 4) is 0 Å². The predicted octanol–water partition coefficient (Wildman–Crippen LogP) is -2.64. The molecule has 13 heteroatoms. The first-order valence-electron chi connectivity index (χ1n) is 6.47. The van der Waals surface area contributed by atoms with Crippen molar-refractivity contribution in [2.24, 2.45) is 0 Å². The molecule has 0 saturated carbocycles. The van der Waals surface area contributed by atoms with E-state index in [4.69, 9.17) is 43.7 Å². The third-order valence-electron chi connectivity index (χ3n) is 2.74. The van der Waals surface area contributed by atoms with Gasteiger partial charge in [0, 0.05) is 10.0 Å². The third kappa shape index (κ3) is 14.0. The Bertz CT molecular complexity index is 686. The fourth-order valence-electron chi connectivity index (χ4n) is 1.54. The van der Waals surface area contributed by atoms with Gasteiger partial charge in [0.25, 0.3) is 10.8 Å². The summed E-state index contributed by atoms with van der Waals surface area (Å²) in [5.74, 6) is 0. The molecule has 27 heavy (non-hydrogen) atoms. The average molecular weight is 544 g/mol. The minimum absolute atomic E-state index is 0. The summed E-state index contributed by atoms with van der Waals surface area (Å²) < 4.78 is 0. The summed E-state index contributed by atoms with van der Waals surface area (Å²) in [5.41, 5.74) is 8.20. The molecule has 0 radical (unpaired) electrons. The molecule has 0 aliphatic rings. The Morgan fingerprint density at radius 2 is 1.04 bits per heavy atom. The van der Waals surface area contributed by atoms with Crippen molar-refractivity contribution in [1.82, 2.24) is 0 Å². The Balaban J connectivity index is -0.000000163. The van der Waals surface area contributed by atoms with Crippen molar-refractivity contribution < 1.29 is 54.5 Å². The van der Waals surface area contributed by atoms with Crippen LogP contribution in [0, 0.1) is 24.6 Å². The molecule has 2 aromatic rings. The number of aryl methyl sites for hydroxylation is 2. The van der Waals surface area contributed by atoms with Gasteiger partial charge in [-0.3, -0.25) is 0 Å². The first-order valence-corrected chi connectivity index (χ1v) is 11.1. The van der Waals surface area contributed by atoms with E-state index < -0.39 is 0 Å². The van der Waals surface area contributed by atoms with Gasteiger partial charge in [-0.2, -0.15) is 0 Å². The SMILES string of the molecule is Cc1ccc(Cl)cc1N[N+]#N.Cc1ccc(Cl)cc1N[N+]#N.[Cl-].[Cl-].[Cl-].[Cl][Zn+]. The first-order chi connectivity index (χ1) is 11.5. The molecule has 6 nitrogen and oxygen atoms in total. The topological polar surface area (TPSA) is 80.4 Å². The van der Waals surface area contributed by atoms with E-state index in [1.165, 1.54) is 0 Å². The summed E-state index contributed by atoms with van der Waals surface area (Å²) in [7, 11) is 4.76. The summed E-state index contributed by atoms with van der Waals surface area (Å²) >= 11 is 12.2. The average Bonchev–Trinajstić information content (AvgIpc) is 2.57. The Labute approximate surface area is 200 Å². The third-order valence-corrected chi connectivity index (χ3v) is 3.21. The fraction of sp³-hybridized carbons (Fsp3) is 0.143. The quantitative estimate of drug-likeness (QED) is 0.246.